The molecule has 3 nitrogen and oxygen atoms in total. The van der Waals surface area contributed by atoms with Crippen molar-refractivity contribution in [3.05, 3.63) is 59.7 Å². The summed E-state index contributed by atoms with van der Waals surface area (Å²) >= 11 is 0. The minimum Gasteiger partial charge on any atom is -0.508 e. The van der Waals surface area contributed by atoms with Gasteiger partial charge in [0.25, 0.3) is 5.91 Å². The number of carbonyl (C=O) groups excluding carboxylic acids is 1. The first-order valence-corrected chi connectivity index (χ1v) is 5.94. The maximum Gasteiger partial charge on any atom is 0.258 e. The third-order valence-corrected chi connectivity index (χ3v) is 3.25. The van der Waals surface area contributed by atoms with Crippen molar-refractivity contribution in [2.45, 2.75) is 6.42 Å². The maximum absolute atomic E-state index is 12.4. The van der Waals surface area contributed by atoms with Crippen LogP contribution in [-0.2, 0) is 6.42 Å². The van der Waals surface area contributed by atoms with Gasteiger partial charge < -0.3 is 10.0 Å². The molecule has 0 bridgehead atoms. The smallest absolute Gasteiger partial charge is 0.258 e. The highest BCUT2D eigenvalue weighted by Crippen LogP contribution is 2.28. The van der Waals surface area contributed by atoms with E-state index in [-0.39, 0.29) is 11.7 Å². The van der Waals surface area contributed by atoms with E-state index in [0.717, 1.165) is 18.7 Å². The predicted molar refractivity (Wildman–Crippen MR) is 69.9 cm³/mol. The quantitative estimate of drug-likeness (QED) is 0.831. The number of benzene rings is 2. The Hall–Kier alpha value is -2.29. The van der Waals surface area contributed by atoms with E-state index in [9.17, 15) is 9.90 Å². The highest BCUT2D eigenvalue weighted by molar-refractivity contribution is 6.07. The Labute approximate surface area is 105 Å². The molecular formula is C15H13NO2. The zero-order chi connectivity index (χ0) is 12.5. The summed E-state index contributed by atoms with van der Waals surface area (Å²) in [5, 5.41) is 9.24. The van der Waals surface area contributed by atoms with Crippen molar-refractivity contribution in [3.8, 4) is 5.75 Å². The fourth-order valence-corrected chi connectivity index (χ4v) is 2.31. The number of para-hydroxylation sites is 1. The van der Waals surface area contributed by atoms with Crippen LogP contribution >= 0.6 is 0 Å². The molecule has 1 aliphatic heterocycles. The number of amides is 1. The molecule has 0 saturated heterocycles. The molecule has 0 unspecified atom stereocenters. The topological polar surface area (TPSA) is 40.5 Å². The lowest BCUT2D eigenvalue weighted by atomic mass is 10.1. The maximum atomic E-state index is 12.4. The summed E-state index contributed by atoms with van der Waals surface area (Å²) in [5.74, 6) is 0.160. The third-order valence-electron chi connectivity index (χ3n) is 3.25. The third kappa shape index (κ3) is 1.74. The van der Waals surface area contributed by atoms with Crippen molar-refractivity contribution in [1.29, 1.82) is 0 Å². The summed E-state index contributed by atoms with van der Waals surface area (Å²) in [4.78, 5) is 14.2. The van der Waals surface area contributed by atoms with E-state index in [1.807, 2.05) is 18.2 Å². The van der Waals surface area contributed by atoms with Gasteiger partial charge in [0.1, 0.15) is 5.75 Å². The first-order chi connectivity index (χ1) is 8.75. The highest BCUT2D eigenvalue weighted by Gasteiger charge is 2.24. The van der Waals surface area contributed by atoms with Gasteiger partial charge in [-0.1, -0.05) is 18.2 Å². The van der Waals surface area contributed by atoms with Crippen LogP contribution in [0.5, 0.6) is 5.75 Å². The van der Waals surface area contributed by atoms with E-state index in [1.165, 1.54) is 17.7 Å². The molecule has 1 N–H and O–H groups in total. The van der Waals surface area contributed by atoms with E-state index in [0.29, 0.717) is 5.56 Å². The zero-order valence-electron chi connectivity index (χ0n) is 9.84. The highest BCUT2D eigenvalue weighted by atomic mass is 16.3. The second kappa shape index (κ2) is 4.18. The standard InChI is InChI=1S/C15H13NO2/c17-13-7-5-12(6-8-13)15(18)16-10-9-11-3-1-2-4-14(11)16/h1-8,17H,9-10H2. The number of anilines is 1. The van der Waals surface area contributed by atoms with E-state index in [2.05, 4.69) is 6.07 Å². The van der Waals surface area contributed by atoms with Crippen molar-refractivity contribution in [1.82, 2.24) is 0 Å². The Bertz CT molecular complexity index is 590. The van der Waals surface area contributed by atoms with Gasteiger partial charge in [0.2, 0.25) is 0 Å². The molecule has 0 spiro atoms. The number of phenols is 1. The Balaban J connectivity index is 1.93. The Morgan fingerprint density at radius 3 is 2.56 bits per heavy atom. The van der Waals surface area contributed by atoms with Gasteiger partial charge in [0.15, 0.2) is 0 Å². The van der Waals surface area contributed by atoms with E-state index >= 15 is 0 Å². The van der Waals surface area contributed by atoms with E-state index in [4.69, 9.17) is 0 Å². The molecule has 2 aromatic carbocycles. The van der Waals surface area contributed by atoms with Crippen molar-refractivity contribution in [3.63, 3.8) is 0 Å². The van der Waals surface area contributed by atoms with Crippen LogP contribution in [0.3, 0.4) is 0 Å². The molecule has 0 fully saturated rings. The minimum absolute atomic E-state index is 0.0139. The molecule has 3 rings (SSSR count). The lowest BCUT2D eigenvalue weighted by Crippen LogP contribution is -2.28. The Morgan fingerprint density at radius 2 is 1.78 bits per heavy atom. The number of hydrogen-bond acceptors (Lipinski definition) is 2. The van der Waals surface area contributed by atoms with Gasteiger partial charge in [-0.2, -0.15) is 0 Å². The second-order valence-electron chi connectivity index (χ2n) is 4.38. The summed E-state index contributed by atoms with van der Waals surface area (Å²) < 4.78 is 0. The minimum atomic E-state index is -0.0139. The lowest BCUT2D eigenvalue weighted by molar-refractivity contribution is 0.0989. The summed E-state index contributed by atoms with van der Waals surface area (Å²) in [7, 11) is 0. The summed E-state index contributed by atoms with van der Waals surface area (Å²) in [6.07, 6.45) is 0.903. The molecule has 2 aromatic rings. The average Bonchev–Trinajstić information content (AvgIpc) is 2.82. The van der Waals surface area contributed by atoms with Crippen LogP contribution in [0.15, 0.2) is 48.5 Å². The molecule has 0 aromatic heterocycles. The molecule has 0 atom stereocenters. The number of nitrogens with zero attached hydrogens (tertiary/aromatic N) is 1. The summed E-state index contributed by atoms with van der Waals surface area (Å²) in [6.45, 7) is 0.721. The largest absolute Gasteiger partial charge is 0.508 e. The molecule has 3 heteroatoms. The monoisotopic (exact) mass is 239 g/mol. The molecule has 0 radical (unpaired) electrons. The first kappa shape index (κ1) is 10.8. The van der Waals surface area contributed by atoms with Gasteiger partial charge in [-0.25, -0.2) is 0 Å². The molecule has 18 heavy (non-hydrogen) atoms. The first-order valence-electron chi connectivity index (χ1n) is 5.94. The van der Waals surface area contributed by atoms with Gasteiger partial charge >= 0.3 is 0 Å². The van der Waals surface area contributed by atoms with Gasteiger partial charge in [0.05, 0.1) is 0 Å². The van der Waals surface area contributed by atoms with Crippen molar-refractivity contribution in [2.75, 3.05) is 11.4 Å². The van der Waals surface area contributed by atoms with Crippen molar-refractivity contribution >= 4 is 11.6 Å². The van der Waals surface area contributed by atoms with Crippen LogP contribution in [0.2, 0.25) is 0 Å². The molecular weight excluding hydrogens is 226 g/mol. The second-order valence-corrected chi connectivity index (χ2v) is 4.38. The van der Waals surface area contributed by atoms with Crippen LogP contribution in [0.1, 0.15) is 15.9 Å². The fraction of sp³-hybridized carbons (Fsp3) is 0.133. The van der Waals surface area contributed by atoms with Crippen LogP contribution in [0.4, 0.5) is 5.69 Å². The van der Waals surface area contributed by atoms with Crippen molar-refractivity contribution in [2.24, 2.45) is 0 Å². The van der Waals surface area contributed by atoms with Crippen molar-refractivity contribution < 1.29 is 9.90 Å². The van der Waals surface area contributed by atoms with Gasteiger partial charge in [-0.3, -0.25) is 4.79 Å². The number of carbonyl (C=O) groups is 1. The molecule has 1 heterocycles. The molecule has 0 aliphatic carbocycles. The lowest BCUT2D eigenvalue weighted by Gasteiger charge is -2.17. The van der Waals surface area contributed by atoms with Gasteiger partial charge in [0, 0.05) is 17.8 Å². The fourth-order valence-electron chi connectivity index (χ4n) is 2.31. The Kier molecular flexibility index (Phi) is 2.52. The SMILES string of the molecule is O=C(c1ccc(O)cc1)N1CCc2ccccc21. The van der Waals surface area contributed by atoms with Crippen LogP contribution in [0, 0.1) is 0 Å². The number of aromatic hydroxyl groups is 1. The molecule has 0 saturated carbocycles. The van der Waals surface area contributed by atoms with Crippen LogP contribution in [-0.4, -0.2) is 17.6 Å². The summed E-state index contributed by atoms with van der Waals surface area (Å²) in [5.41, 5.74) is 2.81. The molecule has 1 aliphatic rings. The van der Waals surface area contributed by atoms with Gasteiger partial charge in [-0.15, -0.1) is 0 Å². The number of hydrogen-bond donors (Lipinski definition) is 1. The number of rotatable bonds is 1. The van der Waals surface area contributed by atoms with Gasteiger partial charge in [-0.05, 0) is 42.3 Å². The van der Waals surface area contributed by atoms with E-state index in [1.54, 1.807) is 17.0 Å². The number of fused-ring (bicyclic) bond motifs is 1. The number of phenolic OH excluding ortho intramolecular Hbond substituents is 1. The predicted octanol–water partition coefficient (Wildman–Crippen LogP) is 2.60. The zero-order valence-corrected chi connectivity index (χ0v) is 9.84. The molecule has 90 valence electrons. The normalized spacial score (nSPS) is 13.4. The van der Waals surface area contributed by atoms with E-state index < -0.39 is 0 Å². The van der Waals surface area contributed by atoms with Crippen LogP contribution < -0.4 is 4.90 Å². The molecule has 1 amide bonds. The Morgan fingerprint density at radius 1 is 1.06 bits per heavy atom. The average molecular weight is 239 g/mol. The summed E-state index contributed by atoms with van der Waals surface area (Å²) in [6, 6.07) is 14.3. The van der Waals surface area contributed by atoms with Crippen LogP contribution in [0.25, 0.3) is 0 Å².